The third-order valence-electron chi connectivity index (χ3n) is 2.27. The summed E-state index contributed by atoms with van der Waals surface area (Å²) in [6.45, 7) is 6.78. The second-order valence-electron chi connectivity index (χ2n) is 3.00. The average molecular weight is 156 g/mol. The summed E-state index contributed by atoms with van der Waals surface area (Å²) in [6, 6.07) is 0.0946. The van der Waals surface area contributed by atoms with Gasteiger partial charge in [0, 0.05) is 19.6 Å². The number of rotatable bonds is 2. The second-order valence-corrected chi connectivity index (χ2v) is 3.00. The molecule has 1 atom stereocenters. The highest BCUT2D eigenvalue weighted by molar-refractivity contribution is 5.74. The lowest BCUT2D eigenvalue weighted by Gasteiger charge is -2.31. The fourth-order valence-corrected chi connectivity index (χ4v) is 1.35. The van der Waals surface area contributed by atoms with Crippen LogP contribution < -0.4 is 5.32 Å². The number of hydrogen-bond acceptors (Lipinski definition) is 1. The van der Waals surface area contributed by atoms with Gasteiger partial charge in [-0.25, -0.2) is 4.79 Å². The highest BCUT2D eigenvalue weighted by atomic mass is 16.2. The molecule has 64 valence electrons. The highest BCUT2D eigenvalue weighted by Gasteiger charge is 2.21. The normalized spacial score (nSPS) is 25.1. The maximum absolute atomic E-state index is 11.1. The zero-order valence-electron chi connectivity index (χ0n) is 7.26. The third-order valence-corrected chi connectivity index (χ3v) is 2.27. The molecule has 0 bridgehead atoms. The predicted molar refractivity (Wildman–Crippen MR) is 44.4 cm³/mol. The van der Waals surface area contributed by atoms with Crippen LogP contribution in [-0.2, 0) is 0 Å². The van der Waals surface area contributed by atoms with Crippen molar-refractivity contribution in [2.24, 2.45) is 5.92 Å². The van der Waals surface area contributed by atoms with Gasteiger partial charge in [-0.1, -0.05) is 6.92 Å². The first-order valence-electron chi connectivity index (χ1n) is 4.30. The molecular weight excluding hydrogens is 140 g/mol. The predicted octanol–water partition coefficient (Wildman–Crippen LogP) is 1.06. The van der Waals surface area contributed by atoms with Gasteiger partial charge in [-0.3, -0.25) is 0 Å². The Labute approximate surface area is 67.8 Å². The Morgan fingerprint density at radius 1 is 1.64 bits per heavy atom. The van der Waals surface area contributed by atoms with Crippen LogP contribution in [0, 0.1) is 5.92 Å². The first kappa shape index (κ1) is 8.37. The highest BCUT2D eigenvalue weighted by Crippen LogP contribution is 2.09. The summed E-state index contributed by atoms with van der Waals surface area (Å²) < 4.78 is 0. The molecule has 11 heavy (non-hydrogen) atoms. The fourth-order valence-electron chi connectivity index (χ4n) is 1.35. The Hall–Kier alpha value is -0.730. The van der Waals surface area contributed by atoms with E-state index in [1.165, 1.54) is 0 Å². The number of carbonyl (C=O) groups excluding carboxylic acids is 1. The average Bonchev–Trinajstić information content (AvgIpc) is 2.05. The molecule has 0 aromatic rings. The molecule has 1 fully saturated rings. The van der Waals surface area contributed by atoms with Crippen molar-refractivity contribution in [3.05, 3.63) is 0 Å². The van der Waals surface area contributed by atoms with E-state index in [-0.39, 0.29) is 6.03 Å². The molecule has 1 heterocycles. The van der Waals surface area contributed by atoms with Gasteiger partial charge in [-0.15, -0.1) is 0 Å². The maximum atomic E-state index is 11.1. The summed E-state index contributed by atoms with van der Waals surface area (Å²) in [6.07, 6.45) is 1.15. The van der Waals surface area contributed by atoms with Crippen molar-refractivity contribution in [1.29, 1.82) is 0 Å². The van der Waals surface area contributed by atoms with Crippen LogP contribution in [0.15, 0.2) is 0 Å². The van der Waals surface area contributed by atoms with Crippen molar-refractivity contribution in [2.45, 2.75) is 20.3 Å². The molecule has 0 aromatic carbocycles. The molecule has 1 aliphatic rings. The molecule has 1 N–H and O–H groups in total. The van der Waals surface area contributed by atoms with Gasteiger partial charge >= 0.3 is 6.03 Å². The fraction of sp³-hybridized carbons (Fsp3) is 0.875. The lowest BCUT2D eigenvalue weighted by molar-refractivity contribution is 0.169. The Bertz CT molecular complexity index is 147. The molecule has 0 saturated carbocycles. The van der Waals surface area contributed by atoms with E-state index in [0.29, 0.717) is 5.92 Å². The largest absolute Gasteiger partial charge is 0.338 e. The summed E-state index contributed by atoms with van der Waals surface area (Å²) in [5.74, 6) is 0.646. The molecule has 1 rings (SSSR count). The number of nitrogens with one attached hydrogen (secondary N) is 1. The zero-order chi connectivity index (χ0) is 8.27. The minimum absolute atomic E-state index is 0.0946. The quantitative estimate of drug-likeness (QED) is 0.637. The van der Waals surface area contributed by atoms with E-state index < -0.39 is 0 Å². The smallest absolute Gasteiger partial charge is 0.317 e. The van der Waals surface area contributed by atoms with Gasteiger partial charge in [-0.2, -0.15) is 0 Å². The Kier molecular flexibility index (Phi) is 2.74. The van der Waals surface area contributed by atoms with E-state index in [0.717, 1.165) is 26.1 Å². The van der Waals surface area contributed by atoms with Crippen molar-refractivity contribution in [1.82, 2.24) is 10.2 Å². The minimum atomic E-state index is 0.0946. The molecular formula is C8H16N2O. The summed E-state index contributed by atoms with van der Waals surface area (Å²) in [5, 5.41) is 2.87. The summed E-state index contributed by atoms with van der Waals surface area (Å²) in [5.41, 5.74) is 0. The van der Waals surface area contributed by atoms with Crippen LogP contribution in [0.25, 0.3) is 0 Å². The zero-order valence-corrected chi connectivity index (χ0v) is 7.26. The molecule has 3 nitrogen and oxygen atoms in total. The van der Waals surface area contributed by atoms with Gasteiger partial charge in [0.15, 0.2) is 0 Å². The van der Waals surface area contributed by atoms with Crippen LogP contribution in [0.1, 0.15) is 20.3 Å². The van der Waals surface area contributed by atoms with Crippen LogP contribution in [0.5, 0.6) is 0 Å². The van der Waals surface area contributed by atoms with Crippen molar-refractivity contribution >= 4 is 6.03 Å². The van der Waals surface area contributed by atoms with Crippen LogP contribution in [-0.4, -0.2) is 30.6 Å². The summed E-state index contributed by atoms with van der Waals surface area (Å²) in [4.78, 5) is 13.0. The van der Waals surface area contributed by atoms with Gasteiger partial charge in [0.25, 0.3) is 0 Å². The molecule has 3 heteroatoms. The van der Waals surface area contributed by atoms with E-state index in [1.54, 1.807) is 0 Å². The number of nitrogens with zero attached hydrogens (tertiary/aromatic N) is 1. The van der Waals surface area contributed by atoms with E-state index in [1.807, 2.05) is 11.8 Å². The molecule has 2 amide bonds. The van der Waals surface area contributed by atoms with Gasteiger partial charge < -0.3 is 10.2 Å². The van der Waals surface area contributed by atoms with Crippen molar-refractivity contribution in [3.63, 3.8) is 0 Å². The SMILES string of the molecule is CCC1CNC(=O)N(CC)C1. The first-order chi connectivity index (χ1) is 5.27. The molecule has 0 radical (unpaired) electrons. The molecule has 0 spiro atoms. The lowest BCUT2D eigenvalue weighted by atomic mass is 10.0. The Morgan fingerprint density at radius 2 is 2.36 bits per heavy atom. The monoisotopic (exact) mass is 156 g/mol. The van der Waals surface area contributed by atoms with Gasteiger partial charge in [-0.05, 0) is 19.3 Å². The topological polar surface area (TPSA) is 32.3 Å². The van der Waals surface area contributed by atoms with E-state index in [4.69, 9.17) is 0 Å². The number of urea groups is 1. The minimum Gasteiger partial charge on any atom is -0.338 e. The Morgan fingerprint density at radius 3 is 2.91 bits per heavy atom. The first-order valence-corrected chi connectivity index (χ1v) is 4.30. The van der Waals surface area contributed by atoms with E-state index in [2.05, 4.69) is 12.2 Å². The van der Waals surface area contributed by atoms with Gasteiger partial charge in [0.05, 0.1) is 0 Å². The van der Waals surface area contributed by atoms with Crippen LogP contribution >= 0.6 is 0 Å². The van der Waals surface area contributed by atoms with Crippen LogP contribution in [0.2, 0.25) is 0 Å². The van der Waals surface area contributed by atoms with E-state index in [9.17, 15) is 4.79 Å². The lowest BCUT2D eigenvalue weighted by Crippen LogP contribution is -2.50. The third kappa shape index (κ3) is 1.85. The van der Waals surface area contributed by atoms with E-state index >= 15 is 0 Å². The van der Waals surface area contributed by atoms with Crippen molar-refractivity contribution in [3.8, 4) is 0 Å². The molecule has 0 aliphatic carbocycles. The molecule has 0 aromatic heterocycles. The summed E-state index contributed by atoms with van der Waals surface area (Å²) in [7, 11) is 0. The number of carbonyl (C=O) groups is 1. The second kappa shape index (κ2) is 3.60. The van der Waals surface area contributed by atoms with Crippen molar-refractivity contribution in [2.75, 3.05) is 19.6 Å². The summed E-state index contributed by atoms with van der Waals surface area (Å²) >= 11 is 0. The van der Waals surface area contributed by atoms with Crippen LogP contribution in [0.4, 0.5) is 4.79 Å². The number of amides is 2. The Balaban J connectivity index is 2.44. The molecule has 1 unspecified atom stereocenters. The molecule has 1 aliphatic heterocycles. The standard InChI is InChI=1S/C8H16N2O/c1-3-7-5-9-8(11)10(4-2)6-7/h7H,3-6H2,1-2H3,(H,9,11). The van der Waals surface area contributed by atoms with Gasteiger partial charge in [0.2, 0.25) is 0 Å². The van der Waals surface area contributed by atoms with Crippen LogP contribution in [0.3, 0.4) is 0 Å². The molecule has 1 saturated heterocycles. The van der Waals surface area contributed by atoms with Gasteiger partial charge in [0.1, 0.15) is 0 Å². The number of hydrogen-bond donors (Lipinski definition) is 1. The van der Waals surface area contributed by atoms with Crippen molar-refractivity contribution < 1.29 is 4.79 Å². The maximum Gasteiger partial charge on any atom is 0.317 e.